The normalized spacial score (nSPS) is 30.4. The first kappa shape index (κ1) is 14.3. The van der Waals surface area contributed by atoms with Gasteiger partial charge in [-0.05, 0) is 30.7 Å². The number of rotatable bonds is 5. The Morgan fingerprint density at radius 3 is 2.45 bits per heavy atom. The fourth-order valence-electron chi connectivity index (χ4n) is 3.52. The molecule has 3 nitrogen and oxygen atoms in total. The maximum Gasteiger partial charge on any atom is 0.0406 e. The number of benzene rings is 1. The molecule has 0 radical (unpaired) electrons. The van der Waals surface area contributed by atoms with Crippen LogP contribution in [0.5, 0.6) is 0 Å². The molecule has 3 aliphatic heterocycles. The number of hydrogen-bond donors (Lipinski definition) is 1. The van der Waals surface area contributed by atoms with Crippen molar-refractivity contribution in [3.8, 4) is 0 Å². The van der Waals surface area contributed by atoms with Crippen molar-refractivity contribution in [2.45, 2.75) is 25.4 Å². The van der Waals surface area contributed by atoms with Crippen molar-refractivity contribution >= 4 is 11.6 Å². The molecule has 3 aliphatic rings. The van der Waals surface area contributed by atoms with Gasteiger partial charge in [0, 0.05) is 49.8 Å². The van der Waals surface area contributed by atoms with E-state index in [0.717, 1.165) is 18.0 Å². The number of hydrogen-bond acceptors (Lipinski definition) is 3. The molecule has 2 unspecified atom stereocenters. The minimum absolute atomic E-state index is 0.532. The van der Waals surface area contributed by atoms with Crippen LogP contribution in [0.3, 0.4) is 0 Å². The molecule has 1 aromatic carbocycles. The summed E-state index contributed by atoms with van der Waals surface area (Å²) in [5.41, 5.74) is 1.37. The minimum atomic E-state index is 0.532. The molecule has 110 valence electrons. The Morgan fingerprint density at radius 2 is 1.90 bits per heavy atom. The SMILES string of the molecule is CCNC(Cc1ccc(Cl)cc1)C1CN2CCN1CC2. The second-order valence-electron chi connectivity index (χ2n) is 5.90. The zero-order chi connectivity index (χ0) is 13.9. The number of fused-ring (bicyclic) bond motifs is 3. The van der Waals surface area contributed by atoms with E-state index in [2.05, 4.69) is 34.2 Å². The summed E-state index contributed by atoms with van der Waals surface area (Å²) in [6.07, 6.45) is 1.08. The van der Waals surface area contributed by atoms with Crippen LogP contribution in [0.25, 0.3) is 0 Å². The van der Waals surface area contributed by atoms with E-state index >= 15 is 0 Å². The van der Waals surface area contributed by atoms with Gasteiger partial charge < -0.3 is 5.32 Å². The van der Waals surface area contributed by atoms with E-state index in [9.17, 15) is 0 Å². The van der Waals surface area contributed by atoms with Gasteiger partial charge in [-0.1, -0.05) is 30.7 Å². The average molecular weight is 294 g/mol. The zero-order valence-corrected chi connectivity index (χ0v) is 12.9. The standard InChI is InChI=1S/C16H24ClN3/c1-2-18-15(11-13-3-5-14(17)6-4-13)16-12-19-7-9-20(16)10-8-19/h3-6,15-16,18H,2,7-12H2,1H3. The van der Waals surface area contributed by atoms with Gasteiger partial charge in [0.25, 0.3) is 0 Å². The molecule has 3 heterocycles. The van der Waals surface area contributed by atoms with Crippen molar-refractivity contribution < 1.29 is 0 Å². The summed E-state index contributed by atoms with van der Waals surface area (Å²) < 4.78 is 0. The maximum atomic E-state index is 5.98. The van der Waals surface area contributed by atoms with Crippen molar-refractivity contribution in [1.29, 1.82) is 0 Å². The van der Waals surface area contributed by atoms with E-state index in [0.29, 0.717) is 12.1 Å². The highest BCUT2D eigenvalue weighted by molar-refractivity contribution is 6.30. The van der Waals surface area contributed by atoms with Crippen LogP contribution in [0.15, 0.2) is 24.3 Å². The highest BCUT2D eigenvalue weighted by Crippen LogP contribution is 2.21. The van der Waals surface area contributed by atoms with E-state index in [-0.39, 0.29) is 0 Å². The zero-order valence-electron chi connectivity index (χ0n) is 12.2. The largest absolute Gasteiger partial charge is 0.312 e. The van der Waals surface area contributed by atoms with Gasteiger partial charge in [0.15, 0.2) is 0 Å². The topological polar surface area (TPSA) is 18.5 Å². The molecule has 4 rings (SSSR count). The number of nitrogens with one attached hydrogen (secondary N) is 1. The van der Waals surface area contributed by atoms with E-state index in [1.807, 2.05) is 12.1 Å². The Kier molecular flexibility index (Phi) is 4.61. The van der Waals surface area contributed by atoms with Crippen LogP contribution in [-0.4, -0.2) is 61.2 Å². The Bertz CT molecular complexity index is 426. The molecule has 3 fully saturated rings. The van der Waals surface area contributed by atoms with Gasteiger partial charge in [-0.15, -0.1) is 0 Å². The van der Waals surface area contributed by atoms with Crippen molar-refractivity contribution in [3.63, 3.8) is 0 Å². The molecule has 0 spiro atoms. The number of halogens is 1. The van der Waals surface area contributed by atoms with E-state index in [1.165, 1.54) is 38.3 Å². The Hall–Kier alpha value is -0.610. The Morgan fingerprint density at radius 1 is 1.20 bits per heavy atom. The van der Waals surface area contributed by atoms with Crippen molar-refractivity contribution in [1.82, 2.24) is 15.1 Å². The maximum absolute atomic E-state index is 5.98. The van der Waals surface area contributed by atoms with E-state index < -0.39 is 0 Å². The molecule has 0 aliphatic carbocycles. The molecular weight excluding hydrogens is 270 g/mol. The van der Waals surface area contributed by atoms with Crippen molar-refractivity contribution in [2.75, 3.05) is 39.3 Å². The molecule has 0 saturated carbocycles. The summed E-state index contributed by atoms with van der Waals surface area (Å²) in [6, 6.07) is 9.48. The Balaban J connectivity index is 1.70. The second-order valence-corrected chi connectivity index (χ2v) is 6.34. The molecule has 2 atom stereocenters. The average Bonchev–Trinajstić information content (AvgIpc) is 2.50. The molecular formula is C16H24ClN3. The van der Waals surface area contributed by atoms with Gasteiger partial charge in [-0.3, -0.25) is 9.80 Å². The highest BCUT2D eigenvalue weighted by Gasteiger charge is 2.36. The third kappa shape index (κ3) is 3.17. The number of nitrogens with zero attached hydrogens (tertiary/aromatic N) is 2. The lowest BCUT2D eigenvalue weighted by molar-refractivity contribution is -0.00288. The van der Waals surface area contributed by atoms with Crippen molar-refractivity contribution in [3.05, 3.63) is 34.9 Å². The third-order valence-electron chi connectivity index (χ3n) is 4.62. The second kappa shape index (κ2) is 6.44. The van der Waals surface area contributed by atoms with Gasteiger partial charge in [0.1, 0.15) is 0 Å². The van der Waals surface area contributed by atoms with Crippen LogP contribution in [0.4, 0.5) is 0 Å². The molecule has 3 saturated heterocycles. The summed E-state index contributed by atoms with van der Waals surface area (Å²) in [7, 11) is 0. The van der Waals surface area contributed by atoms with Gasteiger partial charge in [-0.25, -0.2) is 0 Å². The molecule has 20 heavy (non-hydrogen) atoms. The predicted octanol–water partition coefficient (Wildman–Crippen LogP) is 1.86. The molecule has 1 N–H and O–H groups in total. The lowest BCUT2D eigenvalue weighted by Gasteiger charge is -2.50. The van der Waals surface area contributed by atoms with Crippen LogP contribution in [0.2, 0.25) is 5.02 Å². The highest BCUT2D eigenvalue weighted by atomic mass is 35.5. The van der Waals surface area contributed by atoms with Crippen molar-refractivity contribution in [2.24, 2.45) is 0 Å². The first-order valence-electron chi connectivity index (χ1n) is 7.70. The lowest BCUT2D eigenvalue weighted by Crippen LogP contribution is -2.66. The number of piperazine rings is 3. The molecule has 2 bridgehead atoms. The monoisotopic (exact) mass is 293 g/mol. The van der Waals surface area contributed by atoms with Crippen LogP contribution < -0.4 is 5.32 Å². The van der Waals surface area contributed by atoms with Crippen LogP contribution in [0.1, 0.15) is 12.5 Å². The molecule has 1 aromatic rings. The van der Waals surface area contributed by atoms with Crippen LogP contribution in [-0.2, 0) is 6.42 Å². The van der Waals surface area contributed by atoms with E-state index in [4.69, 9.17) is 11.6 Å². The predicted molar refractivity (Wildman–Crippen MR) is 84.4 cm³/mol. The Labute approximate surface area is 126 Å². The summed E-state index contributed by atoms with van der Waals surface area (Å²) in [6.45, 7) is 9.40. The van der Waals surface area contributed by atoms with Gasteiger partial charge in [-0.2, -0.15) is 0 Å². The van der Waals surface area contributed by atoms with Gasteiger partial charge in [0.05, 0.1) is 0 Å². The molecule has 4 heteroatoms. The lowest BCUT2D eigenvalue weighted by atomic mass is 9.94. The number of likely N-dealkylation sites (N-methyl/N-ethyl adjacent to an activating group) is 1. The summed E-state index contributed by atoms with van der Waals surface area (Å²) >= 11 is 5.98. The smallest absolute Gasteiger partial charge is 0.0406 e. The van der Waals surface area contributed by atoms with Gasteiger partial charge >= 0.3 is 0 Å². The van der Waals surface area contributed by atoms with Crippen LogP contribution >= 0.6 is 11.6 Å². The van der Waals surface area contributed by atoms with Crippen LogP contribution in [0, 0.1) is 0 Å². The molecule has 0 amide bonds. The third-order valence-corrected chi connectivity index (χ3v) is 4.87. The fraction of sp³-hybridized carbons (Fsp3) is 0.625. The van der Waals surface area contributed by atoms with Gasteiger partial charge in [0.2, 0.25) is 0 Å². The first-order valence-corrected chi connectivity index (χ1v) is 8.08. The molecule has 0 aromatic heterocycles. The quantitative estimate of drug-likeness (QED) is 0.894. The summed E-state index contributed by atoms with van der Waals surface area (Å²) in [5, 5.41) is 4.52. The summed E-state index contributed by atoms with van der Waals surface area (Å²) in [5.74, 6) is 0. The summed E-state index contributed by atoms with van der Waals surface area (Å²) in [4.78, 5) is 5.28. The first-order chi connectivity index (χ1) is 9.76. The minimum Gasteiger partial charge on any atom is -0.312 e. The van der Waals surface area contributed by atoms with E-state index in [1.54, 1.807) is 0 Å². The fourth-order valence-corrected chi connectivity index (χ4v) is 3.65.